The van der Waals surface area contributed by atoms with Gasteiger partial charge in [-0.2, -0.15) is 5.26 Å². The van der Waals surface area contributed by atoms with Crippen molar-refractivity contribution in [3.05, 3.63) is 59.4 Å². The number of carbonyl (C=O) groups excluding carboxylic acids is 1. The van der Waals surface area contributed by atoms with Gasteiger partial charge in [0.15, 0.2) is 0 Å². The van der Waals surface area contributed by atoms with Gasteiger partial charge in [-0.25, -0.2) is 0 Å². The molecule has 112 valence electrons. The van der Waals surface area contributed by atoms with Gasteiger partial charge in [0, 0.05) is 24.1 Å². The highest BCUT2D eigenvalue weighted by Crippen LogP contribution is 2.14. The van der Waals surface area contributed by atoms with Crippen LogP contribution in [0.1, 0.15) is 31.0 Å². The molecular weight excluding hydrogens is 274 g/mol. The molecule has 0 spiro atoms. The fourth-order valence-electron chi connectivity index (χ4n) is 1.99. The molecule has 1 amide bonds. The smallest absolute Gasteiger partial charge is 0.266 e. The maximum atomic E-state index is 12.2. The molecule has 2 rings (SSSR count). The van der Waals surface area contributed by atoms with E-state index in [9.17, 15) is 10.1 Å². The lowest BCUT2D eigenvalue weighted by molar-refractivity contribution is -0.112. The highest BCUT2D eigenvalue weighted by molar-refractivity contribution is 6.09. The molecule has 0 aliphatic heterocycles. The van der Waals surface area contributed by atoms with E-state index in [4.69, 9.17) is 0 Å². The predicted molar refractivity (Wildman–Crippen MR) is 88.2 cm³/mol. The van der Waals surface area contributed by atoms with Crippen molar-refractivity contribution in [3.63, 3.8) is 0 Å². The second-order valence-electron chi connectivity index (χ2n) is 5.48. The van der Waals surface area contributed by atoms with Crippen LogP contribution in [0.15, 0.2) is 48.3 Å². The van der Waals surface area contributed by atoms with E-state index in [0.717, 1.165) is 11.1 Å². The SMILES string of the molecule is Cc1ccc(NC(=O)/C(C#N)=C/c2ccn(C(C)C)c2)cc1. The second kappa shape index (κ2) is 6.77. The van der Waals surface area contributed by atoms with E-state index in [1.807, 2.05) is 60.3 Å². The molecule has 0 fully saturated rings. The number of nitrogens with zero attached hydrogens (tertiary/aromatic N) is 2. The normalized spacial score (nSPS) is 11.3. The summed E-state index contributed by atoms with van der Waals surface area (Å²) in [5, 5.41) is 11.9. The number of nitrogens with one attached hydrogen (secondary N) is 1. The van der Waals surface area contributed by atoms with E-state index in [1.165, 1.54) is 0 Å². The molecule has 0 aliphatic rings. The molecule has 0 bridgehead atoms. The van der Waals surface area contributed by atoms with Crippen molar-refractivity contribution in [1.82, 2.24) is 4.57 Å². The lowest BCUT2D eigenvalue weighted by Crippen LogP contribution is -2.13. The molecule has 0 saturated carbocycles. The number of aryl methyl sites for hydroxylation is 1. The summed E-state index contributed by atoms with van der Waals surface area (Å²) in [5.74, 6) is -0.399. The van der Waals surface area contributed by atoms with Gasteiger partial charge in [0.05, 0.1) is 0 Å². The zero-order valence-corrected chi connectivity index (χ0v) is 13.0. The van der Waals surface area contributed by atoms with Crippen LogP contribution < -0.4 is 5.32 Å². The predicted octanol–water partition coefficient (Wildman–Crippen LogP) is 3.92. The maximum absolute atomic E-state index is 12.2. The van der Waals surface area contributed by atoms with Gasteiger partial charge < -0.3 is 9.88 Å². The van der Waals surface area contributed by atoms with Crippen LogP contribution >= 0.6 is 0 Å². The summed E-state index contributed by atoms with van der Waals surface area (Å²) in [6.07, 6.45) is 5.45. The minimum Gasteiger partial charge on any atom is -0.351 e. The summed E-state index contributed by atoms with van der Waals surface area (Å²) in [4.78, 5) is 12.2. The molecule has 1 N–H and O–H groups in total. The molecule has 4 heteroatoms. The number of benzene rings is 1. The number of hydrogen-bond acceptors (Lipinski definition) is 2. The largest absolute Gasteiger partial charge is 0.351 e. The minimum absolute atomic E-state index is 0.0853. The Morgan fingerprint density at radius 2 is 1.95 bits per heavy atom. The highest BCUT2D eigenvalue weighted by Gasteiger charge is 2.10. The Morgan fingerprint density at radius 1 is 1.27 bits per heavy atom. The number of anilines is 1. The Balaban J connectivity index is 2.16. The van der Waals surface area contributed by atoms with E-state index < -0.39 is 5.91 Å². The van der Waals surface area contributed by atoms with E-state index in [1.54, 1.807) is 6.08 Å². The fourth-order valence-corrected chi connectivity index (χ4v) is 1.99. The lowest BCUT2D eigenvalue weighted by Gasteiger charge is -2.05. The van der Waals surface area contributed by atoms with Gasteiger partial charge in [-0.15, -0.1) is 0 Å². The molecule has 0 unspecified atom stereocenters. The molecular formula is C18H19N3O. The van der Waals surface area contributed by atoms with Crippen LogP contribution in [-0.4, -0.2) is 10.5 Å². The van der Waals surface area contributed by atoms with Crippen molar-refractivity contribution in [3.8, 4) is 6.07 Å². The summed E-state index contributed by atoms with van der Waals surface area (Å²) in [7, 11) is 0. The Morgan fingerprint density at radius 3 is 2.50 bits per heavy atom. The molecule has 4 nitrogen and oxygen atoms in total. The van der Waals surface area contributed by atoms with Crippen LogP contribution in [0.3, 0.4) is 0 Å². The van der Waals surface area contributed by atoms with Crippen molar-refractivity contribution in [2.45, 2.75) is 26.8 Å². The third-order valence-corrected chi connectivity index (χ3v) is 3.32. The van der Waals surface area contributed by atoms with Gasteiger partial charge >= 0.3 is 0 Å². The van der Waals surface area contributed by atoms with Gasteiger partial charge in [0.25, 0.3) is 5.91 Å². The molecule has 0 atom stereocenters. The molecule has 2 aromatic rings. The number of amides is 1. The molecule has 0 radical (unpaired) electrons. The van der Waals surface area contributed by atoms with Crippen LogP contribution in [0.25, 0.3) is 6.08 Å². The van der Waals surface area contributed by atoms with Crippen LogP contribution in [0, 0.1) is 18.3 Å². The minimum atomic E-state index is -0.399. The van der Waals surface area contributed by atoms with Crippen molar-refractivity contribution < 1.29 is 4.79 Å². The van der Waals surface area contributed by atoms with Crippen LogP contribution in [0.4, 0.5) is 5.69 Å². The van der Waals surface area contributed by atoms with Crippen LogP contribution in [0.5, 0.6) is 0 Å². The summed E-state index contributed by atoms with van der Waals surface area (Å²) in [5.41, 5.74) is 2.71. The maximum Gasteiger partial charge on any atom is 0.266 e. The van der Waals surface area contributed by atoms with E-state index in [0.29, 0.717) is 11.7 Å². The Hall–Kier alpha value is -2.80. The van der Waals surface area contributed by atoms with Crippen molar-refractivity contribution >= 4 is 17.7 Å². The summed E-state index contributed by atoms with van der Waals surface area (Å²) >= 11 is 0. The van der Waals surface area contributed by atoms with Crippen molar-refractivity contribution in [2.24, 2.45) is 0 Å². The molecule has 0 aliphatic carbocycles. The molecule has 0 saturated heterocycles. The highest BCUT2D eigenvalue weighted by atomic mass is 16.1. The number of nitriles is 1. The van der Waals surface area contributed by atoms with E-state index in [-0.39, 0.29) is 5.57 Å². The zero-order chi connectivity index (χ0) is 16.1. The first-order valence-electron chi connectivity index (χ1n) is 7.17. The lowest BCUT2D eigenvalue weighted by atomic mass is 10.1. The summed E-state index contributed by atoms with van der Waals surface area (Å²) < 4.78 is 2.03. The molecule has 1 aromatic carbocycles. The fraction of sp³-hybridized carbons (Fsp3) is 0.222. The monoisotopic (exact) mass is 293 g/mol. The zero-order valence-electron chi connectivity index (χ0n) is 13.0. The van der Waals surface area contributed by atoms with Gasteiger partial charge in [-0.1, -0.05) is 17.7 Å². The summed E-state index contributed by atoms with van der Waals surface area (Å²) in [6, 6.07) is 11.6. The average molecular weight is 293 g/mol. The van der Waals surface area contributed by atoms with Crippen LogP contribution in [-0.2, 0) is 4.79 Å². The number of rotatable bonds is 4. The van der Waals surface area contributed by atoms with Crippen molar-refractivity contribution in [2.75, 3.05) is 5.32 Å². The number of aromatic nitrogens is 1. The third kappa shape index (κ3) is 3.86. The topological polar surface area (TPSA) is 57.8 Å². The van der Waals surface area contributed by atoms with E-state index >= 15 is 0 Å². The number of hydrogen-bond donors (Lipinski definition) is 1. The van der Waals surface area contributed by atoms with Gasteiger partial charge in [0.1, 0.15) is 11.6 Å². The van der Waals surface area contributed by atoms with Crippen LogP contribution in [0.2, 0.25) is 0 Å². The number of carbonyl (C=O) groups is 1. The quantitative estimate of drug-likeness (QED) is 0.686. The first-order chi connectivity index (χ1) is 10.5. The Kier molecular flexibility index (Phi) is 4.80. The van der Waals surface area contributed by atoms with Gasteiger partial charge in [-0.3, -0.25) is 4.79 Å². The van der Waals surface area contributed by atoms with Crippen molar-refractivity contribution in [1.29, 1.82) is 5.26 Å². The van der Waals surface area contributed by atoms with Gasteiger partial charge in [-0.05, 0) is 50.6 Å². The Labute approximate surface area is 130 Å². The van der Waals surface area contributed by atoms with E-state index in [2.05, 4.69) is 19.2 Å². The first-order valence-corrected chi connectivity index (χ1v) is 7.17. The second-order valence-corrected chi connectivity index (χ2v) is 5.48. The standard InChI is InChI=1S/C18H19N3O/c1-13(2)21-9-8-15(12-21)10-16(11-19)18(22)20-17-6-4-14(3)5-7-17/h4-10,12-13H,1-3H3,(H,20,22)/b16-10+. The summed E-state index contributed by atoms with van der Waals surface area (Å²) in [6.45, 7) is 6.12. The van der Waals surface area contributed by atoms with Gasteiger partial charge in [0.2, 0.25) is 0 Å². The average Bonchev–Trinajstić information content (AvgIpc) is 2.96. The third-order valence-electron chi connectivity index (χ3n) is 3.32. The molecule has 1 heterocycles. The molecule has 22 heavy (non-hydrogen) atoms. The Bertz CT molecular complexity index is 730. The molecule has 1 aromatic heterocycles. The first kappa shape index (κ1) is 15.6.